The lowest BCUT2D eigenvalue weighted by molar-refractivity contribution is -0.558. The maximum absolute atomic E-state index is 12.4. The molecule has 7 atom stereocenters. The van der Waals surface area contributed by atoms with Crippen LogP contribution in [0.4, 0.5) is 0 Å². The molecule has 1 amide bonds. The fraction of sp³-hybridized carbons (Fsp3) is 0.933. The number of hydrogen-bond donors (Lipinski definition) is 1. The maximum atomic E-state index is 12.4. The molecule has 1 N–H and O–H groups in total. The van der Waals surface area contributed by atoms with Gasteiger partial charge in [0.25, 0.3) is 5.91 Å². The number of carbonyl (C=O) groups excluding carboxylic acids is 1. The van der Waals surface area contributed by atoms with Gasteiger partial charge >= 0.3 is 0 Å². The van der Waals surface area contributed by atoms with E-state index in [1.165, 1.54) is 0 Å². The molecule has 4 aliphatic heterocycles. The molecular weight excluding hydrogens is 274 g/mol. The van der Waals surface area contributed by atoms with Crippen LogP contribution in [0.5, 0.6) is 0 Å². The highest BCUT2D eigenvalue weighted by atomic mass is 17.3. The molecule has 5 rings (SSSR count). The SMILES string of the molecule is C[C@@H]1CC[C@H]2[C@@H](C)C(=O)N(O)[C@H]3O[C@]4(C)CC[C@H]1[C@]32OO4. The zero-order valence-corrected chi connectivity index (χ0v) is 12.7. The summed E-state index contributed by atoms with van der Waals surface area (Å²) >= 11 is 0. The number of hydrogen-bond acceptors (Lipinski definition) is 5. The van der Waals surface area contributed by atoms with Crippen molar-refractivity contribution in [3.63, 3.8) is 0 Å². The normalized spacial score (nSPS) is 56.1. The van der Waals surface area contributed by atoms with E-state index in [4.69, 9.17) is 14.5 Å². The first kappa shape index (κ1) is 13.9. The van der Waals surface area contributed by atoms with Crippen molar-refractivity contribution in [1.29, 1.82) is 0 Å². The lowest BCUT2D eigenvalue weighted by atomic mass is 9.57. The van der Waals surface area contributed by atoms with Crippen LogP contribution in [-0.2, 0) is 19.3 Å². The van der Waals surface area contributed by atoms with E-state index in [1.54, 1.807) is 0 Å². The molecule has 5 aliphatic rings. The van der Waals surface area contributed by atoms with Gasteiger partial charge in [0.15, 0.2) is 11.8 Å². The van der Waals surface area contributed by atoms with E-state index in [9.17, 15) is 10.0 Å². The number of nitrogens with zero attached hydrogens (tertiary/aromatic N) is 1. The molecule has 0 unspecified atom stereocenters. The summed E-state index contributed by atoms with van der Waals surface area (Å²) in [6, 6.07) is 0. The Labute approximate surface area is 124 Å². The molecule has 1 saturated carbocycles. The van der Waals surface area contributed by atoms with Gasteiger partial charge in [0.1, 0.15) is 0 Å². The number of carbonyl (C=O) groups is 1. The molecule has 4 heterocycles. The Balaban J connectivity index is 1.87. The van der Waals surface area contributed by atoms with Crippen LogP contribution in [0.2, 0.25) is 0 Å². The summed E-state index contributed by atoms with van der Waals surface area (Å²) in [5, 5.41) is 11.1. The van der Waals surface area contributed by atoms with Crippen LogP contribution in [0, 0.1) is 23.7 Å². The van der Waals surface area contributed by atoms with Gasteiger partial charge in [-0.3, -0.25) is 10.0 Å². The van der Waals surface area contributed by atoms with Crippen LogP contribution in [0.1, 0.15) is 46.5 Å². The zero-order chi connectivity index (χ0) is 15.0. The van der Waals surface area contributed by atoms with E-state index in [0.29, 0.717) is 12.3 Å². The van der Waals surface area contributed by atoms with Crippen molar-refractivity contribution in [3.8, 4) is 0 Å². The fourth-order valence-electron chi connectivity index (χ4n) is 5.03. The summed E-state index contributed by atoms with van der Waals surface area (Å²) in [5.74, 6) is -0.720. The highest BCUT2D eigenvalue weighted by Crippen LogP contribution is 2.59. The number of ether oxygens (including phenoxy) is 1. The van der Waals surface area contributed by atoms with Gasteiger partial charge < -0.3 is 4.74 Å². The third-order valence-electron chi connectivity index (χ3n) is 6.24. The van der Waals surface area contributed by atoms with Crippen LogP contribution in [-0.4, -0.2) is 33.8 Å². The molecule has 5 fully saturated rings. The predicted molar refractivity (Wildman–Crippen MR) is 70.6 cm³/mol. The van der Waals surface area contributed by atoms with Crippen molar-refractivity contribution in [2.75, 3.05) is 0 Å². The van der Waals surface area contributed by atoms with Gasteiger partial charge in [-0.2, -0.15) is 5.06 Å². The number of rotatable bonds is 0. The highest BCUT2D eigenvalue weighted by molar-refractivity contribution is 5.79. The van der Waals surface area contributed by atoms with Crippen molar-refractivity contribution in [3.05, 3.63) is 0 Å². The molecule has 118 valence electrons. The van der Waals surface area contributed by atoms with Crippen molar-refractivity contribution >= 4 is 5.91 Å². The third-order valence-corrected chi connectivity index (χ3v) is 6.24. The summed E-state index contributed by atoms with van der Waals surface area (Å²) < 4.78 is 6.02. The molecule has 1 spiro atoms. The van der Waals surface area contributed by atoms with Crippen molar-refractivity contribution < 1.29 is 24.5 Å². The first-order chi connectivity index (χ1) is 9.89. The summed E-state index contributed by atoms with van der Waals surface area (Å²) in [5.41, 5.74) is -0.740. The van der Waals surface area contributed by atoms with E-state index in [-0.39, 0.29) is 23.7 Å². The maximum Gasteiger partial charge on any atom is 0.251 e. The lowest BCUT2D eigenvalue weighted by Gasteiger charge is -2.60. The van der Waals surface area contributed by atoms with E-state index >= 15 is 0 Å². The van der Waals surface area contributed by atoms with Gasteiger partial charge in [-0.1, -0.05) is 13.8 Å². The fourth-order valence-corrected chi connectivity index (χ4v) is 5.03. The number of piperidine rings is 1. The van der Waals surface area contributed by atoms with Crippen LogP contribution >= 0.6 is 0 Å². The van der Waals surface area contributed by atoms with Gasteiger partial charge in [-0.15, -0.1) is 0 Å². The van der Waals surface area contributed by atoms with Gasteiger partial charge in [0, 0.05) is 18.3 Å². The van der Waals surface area contributed by atoms with Crippen molar-refractivity contribution in [1.82, 2.24) is 5.06 Å². The molecule has 0 radical (unpaired) electrons. The molecule has 6 heteroatoms. The van der Waals surface area contributed by atoms with Crippen molar-refractivity contribution in [2.24, 2.45) is 23.7 Å². The first-order valence-electron chi connectivity index (χ1n) is 7.96. The van der Waals surface area contributed by atoms with E-state index in [0.717, 1.165) is 24.3 Å². The minimum absolute atomic E-state index is 0.0299. The average molecular weight is 297 g/mol. The van der Waals surface area contributed by atoms with Crippen LogP contribution < -0.4 is 0 Å². The third kappa shape index (κ3) is 1.59. The molecule has 0 aromatic carbocycles. The quantitative estimate of drug-likeness (QED) is 0.547. The molecule has 4 saturated heterocycles. The largest absolute Gasteiger partial charge is 0.318 e. The Morgan fingerprint density at radius 1 is 1.19 bits per heavy atom. The van der Waals surface area contributed by atoms with Gasteiger partial charge in [0.05, 0.1) is 0 Å². The topological polar surface area (TPSA) is 68.2 Å². The lowest BCUT2D eigenvalue weighted by Crippen LogP contribution is -2.74. The average Bonchev–Trinajstić information content (AvgIpc) is 2.69. The Kier molecular flexibility index (Phi) is 2.78. The summed E-state index contributed by atoms with van der Waals surface area (Å²) in [4.78, 5) is 23.9. The van der Waals surface area contributed by atoms with Gasteiger partial charge in [0.2, 0.25) is 5.79 Å². The standard InChI is InChI=1S/C15H23NO5/c1-8-4-5-11-9(2)12(17)16(18)13-15(11)10(8)6-7-14(3,19-13)20-21-15/h8-11,13,18H,4-7H2,1-3H3/t8-,9-,10-,11+,13+,14+,15-/m1/s1. The molecule has 1 aliphatic carbocycles. The summed E-state index contributed by atoms with van der Waals surface area (Å²) in [7, 11) is 0. The monoisotopic (exact) mass is 297 g/mol. The molecule has 0 aromatic rings. The van der Waals surface area contributed by atoms with Crippen LogP contribution in [0.25, 0.3) is 0 Å². The Morgan fingerprint density at radius 3 is 2.71 bits per heavy atom. The number of amides is 1. The molecule has 2 bridgehead atoms. The second kappa shape index (κ2) is 4.19. The number of fused-ring (bicyclic) bond motifs is 2. The minimum atomic E-state index is -0.890. The zero-order valence-electron chi connectivity index (χ0n) is 12.7. The van der Waals surface area contributed by atoms with E-state index < -0.39 is 17.6 Å². The van der Waals surface area contributed by atoms with Crippen LogP contribution in [0.3, 0.4) is 0 Å². The predicted octanol–water partition coefficient (Wildman–Crippen LogP) is 2.07. The van der Waals surface area contributed by atoms with Gasteiger partial charge in [-0.25, -0.2) is 9.78 Å². The molecular formula is C15H23NO5. The Bertz CT molecular complexity index is 485. The smallest absolute Gasteiger partial charge is 0.251 e. The molecule has 21 heavy (non-hydrogen) atoms. The summed E-state index contributed by atoms with van der Waals surface area (Å²) in [6.45, 7) is 5.91. The van der Waals surface area contributed by atoms with E-state index in [2.05, 4.69) is 6.92 Å². The van der Waals surface area contributed by atoms with Gasteiger partial charge in [-0.05, 0) is 38.0 Å². The first-order valence-corrected chi connectivity index (χ1v) is 7.96. The second-order valence-corrected chi connectivity index (χ2v) is 7.40. The van der Waals surface area contributed by atoms with Crippen molar-refractivity contribution in [2.45, 2.75) is 64.1 Å². The second-order valence-electron chi connectivity index (χ2n) is 7.40. The summed E-state index contributed by atoms with van der Waals surface area (Å²) in [6.07, 6.45) is 2.86. The number of hydroxylamine groups is 2. The Hall–Kier alpha value is -0.690. The highest BCUT2D eigenvalue weighted by Gasteiger charge is 2.70. The van der Waals surface area contributed by atoms with Crippen LogP contribution in [0.15, 0.2) is 0 Å². The Morgan fingerprint density at radius 2 is 1.95 bits per heavy atom. The molecule has 6 nitrogen and oxygen atoms in total. The van der Waals surface area contributed by atoms with E-state index in [1.807, 2.05) is 13.8 Å². The molecule has 0 aromatic heterocycles. The minimum Gasteiger partial charge on any atom is -0.318 e.